The van der Waals surface area contributed by atoms with Gasteiger partial charge in [-0.1, -0.05) is 60.2 Å². The number of carbonyl (C=O) groups is 1. The molecule has 0 aliphatic rings. The van der Waals surface area contributed by atoms with Gasteiger partial charge < -0.3 is 10.6 Å². The molecule has 0 bridgehead atoms. The molecule has 3 aromatic carbocycles. The van der Waals surface area contributed by atoms with Gasteiger partial charge in [0.25, 0.3) is 0 Å². The van der Waals surface area contributed by atoms with Crippen molar-refractivity contribution in [3.63, 3.8) is 0 Å². The lowest BCUT2D eigenvalue weighted by atomic mass is 9.98. The molecule has 0 saturated carbocycles. The molecule has 0 radical (unpaired) electrons. The molecule has 0 spiro atoms. The van der Waals surface area contributed by atoms with E-state index in [0.717, 1.165) is 33.0 Å². The molecule has 30 heavy (non-hydrogen) atoms. The standard InChI is InChI=1S/C25H20N4O/c1-17-4-2-5-18(14-17)16-28-25(30)29-20-10-8-19(9-11-20)21-6-3-7-23-22(21)12-13-27-24(23)15-26/h2-14H,16H2,1H3,(H2,28,29,30). The summed E-state index contributed by atoms with van der Waals surface area (Å²) >= 11 is 0. The summed E-state index contributed by atoms with van der Waals surface area (Å²) in [4.78, 5) is 16.3. The van der Waals surface area contributed by atoms with E-state index in [0.29, 0.717) is 17.9 Å². The lowest BCUT2D eigenvalue weighted by molar-refractivity contribution is 0.251. The van der Waals surface area contributed by atoms with Gasteiger partial charge in [-0.05, 0) is 47.2 Å². The van der Waals surface area contributed by atoms with E-state index >= 15 is 0 Å². The fourth-order valence-corrected chi connectivity index (χ4v) is 3.46. The number of nitrogens with one attached hydrogen (secondary N) is 2. The van der Waals surface area contributed by atoms with Gasteiger partial charge in [-0.2, -0.15) is 5.26 Å². The number of rotatable bonds is 4. The number of carbonyl (C=O) groups excluding carboxylic acids is 1. The van der Waals surface area contributed by atoms with E-state index in [1.54, 1.807) is 6.20 Å². The summed E-state index contributed by atoms with van der Waals surface area (Å²) < 4.78 is 0. The molecule has 0 saturated heterocycles. The number of urea groups is 1. The van der Waals surface area contributed by atoms with Crippen LogP contribution in [0.1, 0.15) is 16.8 Å². The van der Waals surface area contributed by atoms with Crippen molar-refractivity contribution < 1.29 is 4.79 Å². The topological polar surface area (TPSA) is 77.8 Å². The zero-order valence-electron chi connectivity index (χ0n) is 16.5. The summed E-state index contributed by atoms with van der Waals surface area (Å²) in [6.07, 6.45) is 1.65. The van der Waals surface area contributed by atoms with Crippen LogP contribution in [-0.4, -0.2) is 11.0 Å². The molecular weight excluding hydrogens is 372 g/mol. The molecule has 1 aromatic heterocycles. The minimum Gasteiger partial charge on any atom is -0.334 e. The Hall–Kier alpha value is -4.17. The molecule has 1 heterocycles. The van der Waals surface area contributed by atoms with Crippen molar-refractivity contribution in [1.29, 1.82) is 5.26 Å². The second-order valence-corrected chi connectivity index (χ2v) is 7.05. The molecule has 0 aliphatic carbocycles. The maximum atomic E-state index is 12.2. The highest BCUT2D eigenvalue weighted by molar-refractivity contribution is 5.99. The second kappa shape index (κ2) is 8.46. The average Bonchev–Trinajstić information content (AvgIpc) is 2.77. The lowest BCUT2D eigenvalue weighted by Crippen LogP contribution is -2.28. The van der Waals surface area contributed by atoms with Crippen LogP contribution in [0.25, 0.3) is 21.9 Å². The summed E-state index contributed by atoms with van der Waals surface area (Å²) in [7, 11) is 0. The van der Waals surface area contributed by atoms with Gasteiger partial charge in [-0.3, -0.25) is 0 Å². The first-order chi connectivity index (χ1) is 14.6. The number of benzene rings is 3. The maximum absolute atomic E-state index is 12.2. The van der Waals surface area contributed by atoms with Gasteiger partial charge in [0.1, 0.15) is 11.8 Å². The number of hydrogen-bond acceptors (Lipinski definition) is 3. The first kappa shape index (κ1) is 19.2. The van der Waals surface area contributed by atoms with Gasteiger partial charge in [-0.25, -0.2) is 9.78 Å². The van der Waals surface area contributed by atoms with Gasteiger partial charge in [-0.15, -0.1) is 0 Å². The summed E-state index contributed by atoms with van der Waals surface area (Å²) in [6, 6.07) is 25.3. The predicted octanol–water partition coefficient (Wildman–Crippen LogP) is 5.40. The van der Waals surface area contributed by atoms with Gasteiger partial charge in [0.05, 0.1) is 0 Å². The van der Waals surface area contributed by atoms with Crippen molar-refractivity contribution in [3.8, 4) is 17.2 Å². The number of nitriles is 1. The molecule has 5 heteroatoms. The third-order valence-corrected chi connectivity index (χ3v) is 4.90. The van der Waals surface area contributed by atoms with E-state index < -0.39 is 0 Å². The number of aryl methyl sites for hydroxylation is 1. The number of hydrogen-bond donors (Lipinski definition) is 2. The van der Waals surface area contributed by atoms with E-state index in [4.69, 9.17) is 0 Å². The molecular formula is C25H20N4O. The number of pyridine rings is 1. The first-order valence-corrected chi connectivity index (χ1v) is 9.63. The molecule has 0 atom stereocenters. The highest BCUT2D eigenvalue weighted by Gasteiger charge is 2.08. The monoisotopic (exact) mass is 392 g/mol. The Labute approximate surface area is 175 Å². The predicted molar refractivity (Wildman–Crippen MR) is 119 cm³/mol. The number of anilines is 1. The van der Waals surface area contributed by atoms with Crippen LogP contribution in [0.2, 0.25) is 0 Å². The van der Waals surface area contributed by atoms with Crippen LogP contribution in [0.15, 0.2) is 79.0 Å². The summed E-state index contributed by atoms with van der Waals surface area (Å²) in [5.74, 6) is 0. The molecule has 4 rings (SSSR count). The van der Waals surface area contributed by atoms with Crippen LogP contribution >= 0.6 is 0 Å². The summed E-state index contributed by atoms with van der Waals surface area (Å²) in [5, 5.41) is 16.8. The van der Waals surface area contributed by atoms with Gasteiger partial charge in [0.2, 0.25) is 0 Å². The number of nitrogens with zero attached hydrogens (tertiary/aromatic N) is 2. The number of fused-ring (bicyclic) bond motifs is 1. The third kappa shape index (κ3) is 4.13. The molecule has 146 valence electrons. The van der Waals surface area contributed by atoms with E-state index in [2.05, 4.69) is 21.7 Å². The molecule has 0 fully saturated rings. The van der Waals surface area contributed by atoms with E-state index in [1.165, 1.54) is 0 Å². The van der Waals surface area contributed by atoms with Crippen LogP contribution in [0, 0.1) is 18.3 Å². The minimum absolute atomic E-state index is 0.251. The summed E-state index contributed by atoms with van der Waals surface area (Å²) in [5.41, 5.74) is 5.36. The number of aromatic nitrogens is 1. The zero-order chi connectivity index (χ0) is 20.9. The fraction of sp³-hybridized carbons (Fsp3) is 0.0800. The molecule has 5 nitrogen and oxygen atoms in total. The van der Waals surface area contributed by atoms with Crippen molar-refractivity contribution >= 4 is 22.5 Å². The average molecular weight is 392 g/mol. The summed E-state index contributed by atoms with van der Waals surface area (Å²) in [6.45, 7) is 2.50. The maximum Gasteiger partial charge on any atom is 0.319 e. The normalized spacial score (nSPS) is 10.4. The van der Waals surface area contributed by atoms with Crippen LogP contribution < -0.4 is 10.6 Å². The van der Waals surface area contributed by atoms with Gasteiger partial charge >= 0.3 is 6.03 Å². The second-order valence-electron chi connectivity index (χ2n) is 7.05. The van der Waals surface area contributed by atoms with Crippen molar-refractivity contribution in [3.05, 3.63) is 95.8 Å². The van der Waals surface area contributed by atoms with E-state index in [-0.39, 0.29) is 6.03 Å². The molecule has 2 amide bonds. The van der Waals surface area contributed by atoms with Crippen molar-refractivity contribution in [1.82, 2.24) is 10.3 Å². The largest absolute Gasteiger partial charge is 0.334 e. The molecule has 4 aromatic rings. The van der Waals surface area contributed by atoms with Crippen molar-refractivity contribution in [2.45, 2.75) is 13.5 Å². The highest BCUT2D eigenvalue weighted by atomic mass is 16.2. The fourth-order valence-electron chi connectivity index (χ4n) is 3.46. The van der Waals surface area contributed by atoms with Crippen molar-refractivity contribution in [2.75, 3.05) is 5.32 Å². The molecule has 0 aliphatic heterocycles. The Bertz CT molecular complexity index is 1260. The lowest BCUT2D eigenvalue weighted by Gasteiger charge is -2.10. The minimum atomic E-state index is -0.251. The Balaban J connectivity index is 1.48. The molecule has 0 unspecified atom stereocenters. The highest BCUT2D eigenvalue weighted by Crippen LogP contribution is 2.30. The third-order valence-electron chi connectivity index (χ3n) is 4.90. The van der Waals surface area contributed by atoms with Crippen molar-refractivity contribution in [2.24, 2.45) is 0 Å². The van der Waals surface area contributed by atoms with Crippen LogP contribution in [0.3, 0.4) is 0 Å². The zero-order valence-corrected chi connectivity index (χ0v) is 16.5. The number of amides is 2. The van der Waals surface area contributed by atoms with Gasteiger partial charge in [0, 0.05) is 23.8 Å². The SMILES string of the molecule is Cc1cccc(CNC(=O)Nc2ccc(-c3cccc4c(C#N)nccc34)cc2)c1. The Morgan fingerprint density at radius 2 is 1.80 bits per heavy atom. The van der Waals surface area contributed by atoms with Gasteiger partial charge in [0.15, 0.2) is 0 Å². The Morgan fingerprint density at radius 3 is 2.57 bits per heavy atom. The van der Waals surface area contributed by atoms with Crippen LogP contribution in [0.5, 0.6) is 0 Å². The van der Waals surface area contributed by atoms with E-state index in [9.17, 15) is 10.1 Å². The quantitative estimate of drug-likeness (QED) is 0.488. The first-order valence-electron chi connectivity index (χ1n) is 9.63. The molecule has 2 N–H and O–H groups in total. The Morgan fingerprint density at radius 1 is 1.00 bits per heavy atom. The Kier molecular flexibility index (Phi) is 5.40. The smallest absolute Gasteiger partial charge is 0.319 e. The van der Waals surface area contributed by atoms with Crippen LogP contribution in [-0.2, 0) is 6.54 Å². The van der Waals surface area contributed by atoms with Crippen LogP contribution in [0.4, 0.5) is 10.5 Å². The van der Waals surface area contributed by atoms with E-state index in [1.807, 2.05) is 79.7 Å².